The van der Waals surface area contributed by atoms with Crippen LogP contribution in [0.2, 0.25) is 0 Å². The lowest BCUT2D eigenvalue weighted by Gasteiger charge is -2.12. The van der Waals surface area contributed by atoms with Crippen molar-refractivity contribution in [2.24, 2.45) is 16.5 Å². The van der Waals surface area contributed by atoms with Crippen LogP contribution in [0.15, 0.2) is 47.4 Å². The molecule has 0 bridgehead atoms. The van der Waals surface area contributed by atoms with E-state index in [0.717, 1.165) is 23.8 Å². The molecular weight excluding hydrogens is 395 g/mol. The normalized spacial score (nSPS) is 20.8. The third-order valence-corrected chi connectivity index (χ3v) is 6.09. The molecule has 2 aromatic rings. The van der Waals surface area contributed by atoms with Crippen molar-refractivity contribution in [3.05, 3.63) is 53.8 Å². The number of benzene rings is 2. The van der Waals surface area contributed by atoms with Gasteiger partial charge in [-0.2, -0.15) is 8.78 Å². The molecular formula is C19H20F3NO4S. The van der Waals surface area contributed by atoms with Gasteiger partial charge in [0.15, 0.2) is 11.5 Å². The minimum Gasteiger partial charge on any atom is -0.489 e. The first-order chi connectivity index (χ1) is 13.0. The largest absolute Gasteiger partial charge is 0.489 e. The molecule has 9 heteroatoms. The Morgan fingerprint density at radius 3 is 2.32 bits per heavy atom. The second kappa shape index (κ2) is 7.29. The van der Waals surface area contributed by atoms with E-state index in [0.29, 0.717) is 0 Å². The van der Waals surface area contributed by atoms with E-state index < -0.39 is 22.5 Å². The predicted octanol–water partition coefficient (Wildman–Crippen LogP) is 3.89. The van der Waals surface area contributed by atoms with Crippen LogP contribution < -0.4 is 14.6 Å². The van der Waals surface area contributed by atoms with Crippen LogP contribution in [0.5, 0.6) is 11.5 Å². The van der Waals surface area contributed by atoms with E-state index in [-0.39, 0.29) is 40.3 Å². The summed E-state index contributed by atoms with van der Waals surface area (Å²) in [4.78, 5) is 0.0241. The number of hydrogen-bond acceptors (Lipinski definition) is 4. The quantitative estimate of drug-likeness (QED) is 0.744. The molecule has 5 nitrogen and oxygen atoms in total. The average molecular weight is 415 g/mol. The molecule has 3 rings (SSSR count). The summed E-state index contributed by atoms with van der Waals surface area (Å²) in [6.45, 7) is 1.15. The van der Waals surface area contributed by atoms with Crippen molar-refractivity contribution in [1.82, 2.24) is 0 Å². The molecule has 2 aromatic carbocycles. The van der Waals surface area contributed by atoms with Gasteiger partial charge in [-0.3, -0.25) is 0 Å². The zero-order valence-electron chi connectivity index (χ0n) is 15.2. The Labute approximate surface area is 161 Å². The summed E-state index contributed by atoms with van der Waals surface area (Å²) >= 11 is 0. The monoisotopic (exact) mass is 415 g/mol. The number of hydrogen-bond donors (Lipinski definition) is 1. The minimum atomic E-state index is -3.77. The van der Waals surface area contributed by atoms with Gasteiger partial charge in [-0.05, 0) is 41.2 Å². The Kier molecular flexibility index (Phi) is 5.33. The van der Waals surface area contributed by atoms with Gasteiger partial charge in [0.1, 0.15) is 5.82 Å². The summed E-state index contributed by atoms with van der Waals surface area (Å²) in [5, 5.41) is 5.11. The van der Waals surface area contributed by atoms with E-state index in [1.54, 1.807) is 12.1 Å². The van der Waals surface area contributed by atoms with Crippen LogP contribution in [-0.2, 0) is 10.0 Å². The summed E-state index contributed by atoms with van der Waals surface area (Å²) in [6.07, 6.45) is 0. The first-order valence-corrected chi connectivity index (χ1v) is 10.0. The lowest BCUT2D eigenvalue weighted by atomic mass is 10.0. The van der Waals surface area contributed by atoms with Crippen molar-refractivity contribution in [2.75, 3.05) is 6.61 Å². The number of primary sulfonamides is 1. The highest BCUT2D eigenvalue weighted by Crippen LogP contribution is 2.64. The van der Waals surface area contributed by atoms with E-state index in [1.165, 1.54) is 12.1 Å². The number of alkyl halides is 2. The van der Waals surface area contributed by atoms with Crippen LogP contribution in [0.25, 0.3) is 0 Å². The molecule has 0 aliphatic heterocycles. The van der Waals surface area contributed by atoms with Gasteiger partial charge in [-0.1, -0.05) is 26.0 Å². The van der Waals surface area contributed by atoms with Crippen LogP contribution in [-0.4, -0.2) is 21.6 Å². The smallest absolute Gasteiger partial charge is 0.387 e. The minimum absolute atomic E-state index is 0.0236. The molecule has 0 spiro atoms. The summed E-state index contributed by atoms with van der Waals surface area (Å²) < 4.78 is 71.2. The molecule has 2 atom stereocenters. The molecule has 0 amide bonds. The third-order valence-electron chi connectivity index (χ3n) is 5.16. The number of sulfonamides is 1. The number of nitrogens with two attached hydrogens (primary N) is 1. The molecule has 0 aromatic heterocycles. The van der Waals surface area contributed by atoms with Gasteiger partial charge < -0.3 is 9.47 Å². The molecule has 1 aliphatic rings. The maximum absolute atomic E-state index is 13.5. The molecule has 1 aliphatic carbocycles. The predicted molar refractivity (Wildman–Crippen MR) is 96.4 cm³/mol. The lowest BCUT2D eigenvalue weighted by Crippen LogP contribution is -2.11. The van der Waals surface area contributed by atoms with Gasteiger partial charge >= 0.3 is 6.61 Å². The molecule has 0 saturated heterocycles. The van der Waals surface area contributed by atoms with Crippen molar-refractivity contribution in [3.63, 3.8) is 0 Å². The van der Waals surface area contributed by atoms with Crippen molar-refractivity contribution in [2.45, 2.75) is 31.3 Å². The Balaban J connectivity index is 1.73. The molecule has 0 unspecified atom stereocenters. The van der Waals surface area contributed by atoms with Crippen molar-refractivity contribution >= 4 is 10.0 Å². The fourth-order valence-corrected chi connectivity index (χ4v) is 4.06. The SMILES string of the molecule is CC1(C)[C@H](COc2cc(F)ccc2OC(F)F)[C@H]1c1ccc(S(N)(=O)=O)cc1. The maximum atomic E-state index is 13.5. The van der Waals surface area contributed by atoms with E-state index in [2.05, 4.69) is 4.74 Å². The first-order valence-electron chi connectivity index (χ1n) is 8.50. The van der Waals surface area contributed by atoms with Crippen molar-refractivity contribution < 1.29 is 31.1 Å². The number of halogens is 3. The topological polar surface area (TPSA) is 78.6 Å². The van der Waals surface area contributed by atoms with Crippen molar-refractivity contribution in [3.8, 4) is 11.5 Å². The van der Waals surface area contributed by atoms with E-state index in [1.807, 2.05) is 13.8 Å². The van der Waals surface area contributed by atoms with Gasteiger partial charge in [-0.25, -0.2) is 17.9 Å². The van der Waals surface area contributed by atoms with E-state index in [9.17, 15) is 21.6 Å². The second-order valence-corrected chi connectivity index (χ2v) is 8.86. The Bertz CT molecular complexity index is 962. The number of ether oxygens (including phenoxy) is 2. The van der Waals surface area contributed by atoms with Crippen LogP contribution in [0, 0.1) is 17.2 Å². The Morgan fingerprint density at radius 2 is 1.75 bits per heavy atom. The van der Waals surface area contributed by atoms with Gasteiger partial charge in [0.05, 0.1) is 11.5 Å². The van der Waals surface area contributed by atoms with Gasteiger partial charge in [-0.15, -0.1) is 0 Å². The molecule has 2 N–H and O–H groups in total. The van der Waals surface area contributed by atoms with Crippen LogP contribution in [0.4, 0.5) is 13.2 Å². The molecule has 1 saturated carbocycles. The number of rotatable bonds is 7. The highest BCUT2D eigenvalue weighted by Gasteiger charge is 2.58. The summed E-state index contributed by atoms with van der Waals surface area (Å²) in [7, 11) is -3.77. The van der Waals surface area contributed by atoms with Crippen LogP contribution in [0.3, 0.4) is 0 Å². The second-order valence-electron chi connectivity index (χ2n) is 7.30. The van der Waals surface area contributed by atoms with E-state index >= 15 is 0 Å². The molecule has 0 radical (unpaired) electrons. The molecule has 28 heavy (non-hydrogen) atoms. The van der Waals surface area contributed by atoms with Gasteiger partial charge in [0.2, 0.25) is 10.0 Å². The van der Waals surface area contributed by atoms with Gasteiger partial charge in [0.25, 0.3) is 0 Å². The zero-order valence-corrected chi connectivity index (χ0v) is 16.0. The fraction of sp³-hybridized carbons (Fsp3) is 0.368. The zero-order chi connectivity index (χ0) is 20.7. The third kappa shape index (κ3) is 4.25. The average Bonchev–Trinajstić information content (AvgIpc) is 3.14. The highest BCUT2D eigenvalue weighted by molar-refractivity contribution is 7.89. The lowest BCUT2D eigenvalue weighted by molar-refractivity contribution is -0.0516. The van der Waals surface area contributed by atoms with Crippen LogP contribution in [0.1, 0.15) is 25.3 Å². The Morgan fingerprint density at radius 1 is 1.11 bits per heavy atom. The highest BCUT2D eigenvalue weighted by atomic mass is 32.2. The molecule has 0 heterocycles. The van der Waals surface area contributed by atoms with Crippen LogP contribution >= 0.6 is 0 Å². The standard InChI is InChI=1S/C19H20F3NO4S/c1-19(2)14(17(19)11-3-6-13(7-4-11)28(23,24)25)10-26-16-9-12(20)5-8-15(16)27-18(21)22/h3-9,14,17-18H,10H2,1-2H3,(H2,23,24,25)/t14-,17-/m1/s1. The summed E-state index contributed by atoms with van der Waals surface area (Å²) in [5.41, 5.74) is 0.745. The molecule has 152 valence electrons. The maximum Gasteiger partial charge on any atom is 0.387 e. The first kappa shape index (κ1) is 20.5. The van der Waals surface area contributed by atoms with Gasteiger partial charge in [0, 0.05) is 12.0 Å². The fourth-order valence-electron chi connectivity index (χ4n) is 3.55. The summed E-state index contributed by atoms with van der Waals surface area (Å²) in [6, 6.07) is 9.39. The Hall–Kier alpha value is -2.26. The molecule has 1 fully saturated rings. The van der Waals surface area contributed by atoms with Crippen molar-refractivity contribution in [1.29, 1.82) is 0 Å². The van der Waals surface area contributed by atoms with E-state index in [4.69, 9.17) is 9.88 Å². The summed E-state index contributed by atoms with van der Waals surface area (Å²) in [5.74, 6) is -0.859.